The lowest BCUT2D eigenvalue weighted by Gasteiger charge is -2.16. The van der Waals surface area contributed by atoms with Crippen LogP contribution in [0.25, 0.3) is 0 Å². The van der Waals surface area contributed by atoms with E-state index >= 15 is 0 Å². The number of likely N-dealkylation sites (tertiary alicyclic amines) is 1. The third kappa shape index (κ3) is 4.56. The number of carbonyl (C=O) groups is 1. The first kappa shape index (κ1) is 13.9. The Labute approximate surface area is 114 Å². The van der Waals surface area contributed by atoms with Crippen molar-refractivity contribution in [3.8, 4) is 5.75 Å². The SMILES string of the molecule is COc1ccc(NC(=O)C[NH+]2CCCCCC2)cc1. The van der Waals surface area contributed by atoms with Crippen molar-refractivity contribution in [1.82, 2.24) is 0 Å². The average Bonchev–Trinajstić information content (AvgIpc) is 2.68. The van der Waals surface area contributed by atoms with E-state index in [1.54, 1.807) is 7.11 Å². The third-order valence-corrected chi connectivity index (χ3v) is 3.59. The Morgan fingerprint density at radius 3 is 2.37 bits per heavy atom. The largest absolute Gasteiger partial charge is 0.497 e. The van der Waals surface area contributed by atoms with E-state index in [0.29, 0.717) is 6.54 Å². The molecule has 4 nitrogen and oxygen atoms in total. The van der Waals surface area contributed by atoms with Gasteiger partial charge in [-0.05, 0) is 49.9 Å². The molecule has 0 saturated carbocycles. The van der Waals surface area contributed by atoms with Crippen molar-refractivity contribution in [1.29, 1.82) is 0 Å². The van der Waals surface area contributed by atoms with Gasteiger partial charge in [0.1, 0.15) is 5.75 Å². The minimum atomic E-state index is 0.0991. The Hall–Kier alpha value is -1.55. The number of hydrogen-bond acceptors (Lipinski definition) is 2. The summed E-state index contributed by atoms with van der Waals surface area (Å²) >= 11 is 0. The molecule has 1 heterocycles. The number of ether oxygens (including phenoxy) is 1. The maximum atomic E-state index is 12.0. The average molecular weight is 263 g/mol. The number of methoxy groups -OCH3 is 1. The Kier molecular flexibility index (Phi) is 5.21. The van der Waals surface area contributed by atoms with Crippen LogP contribution in [0.2, 0.25) is 0 Å². The zero-order valence-corrected chi connectivity index (χ0v) is 11.6. The highest BCUT2D eigenvalue weighted by atomic mass is 16.5. The van der Waals surface area contributed by atoms with E-state index in [0.717, 1.165) is 24.5 Å². The number of nitrogens with one attached hydrogen (secondary N) is 2. The normalized spacial score (nSPS) is 16.7. The maximum absolute atomic E-state index is 12.0. The van der Waals surface area contributed by atoms with Gasteiger partial charge in [0.15, 0.2) is 6.54 Å². The number of carbonyl (C=O) groups excluding carboxylic acids is 1. The van der Waals surface area contributed by atoms with Crippen LogP contribution in [0.4, 0.5) is 5.69 Å². The van der Waals surface area contributed by atoms with E-state index in [2.05, 4.69) is 5.32 Å². The first-order chi connectivity index (χ1) is 9.28. The summed E-state index contributed by atoms with van der Waals surface area (Å²) in [5.74, 6) is 0.901. The molecule has 19 heavy (non-hydrogen) atoms. The van der Waals surface area contributed by atoms with Gasteiger partial charge < -0.3 is 15.0 Å². The van der Waals surface area contributed by atoms with E-state index < -0.39 is 0 Å². The molecule has 0 bridgehead atoms. The third-order valence-electron chi connectivity index (χ3n) is 3.59. The molecule has 0 aromatic heterocycles. The number of rotatable bonds is 4. The lowest BCUT2D eigenvalue weighted by molar-refractivity contribution is -0.890. The maximum Gasteiger partial charge on any atom is 0.279 e. The van der Waals surface area contributed by atoms with Crippen molar-refractivity contribution < 1.29 is 14.4 Å². The second kappa shape index (κ2) is 7.14. The fourth-order valence-electron chi connectivity index (χ4n) is 2.51. The second-order valence-electron chi connectivity index (χ2n) is 5.12. The smallest absolute Gasteiger partial charge is 0.279 e. The topological polar surface area (TPSA) is 42.8 Å². The minimum Gasteiger partial charge on any atom is -0.497 e. The lowest BCUT2D eigenvalue weighted by Crippen LogP contribution is -3.12. The summed E-state index contributed by atoms with van der Waals surface area (Å²) in [6.07, 6.45) is 5.10. The molecule has 4 heteroatoms. The van der Waals surface area contributed by atoms with Gasteiger partial charge in [-0.2, -0.15) is 0 Å². The van der Waals surface area contributed by atoms with Gasteiger partial charge in [0.05, 0.1) is 20.2 Å². The highest BCUT2D eigenvalue weighted by molar-refractivity contribution is 5.91. The molecule has 0 aliphatic carbocycles. The molecule has 104 valence electrons. The van der Waals surface area contributed by atoms with Crippen molar-refractivity contribution in [2.24, 2.45) is 0 Å². The first-order valence-corrected chi connectivity index (χ1v) is 7.05. The van der Waals surface area contributed by atoms with Crippen LogP contribution in [0.15, 0.2) is 24.3 Å². The fourth-order valence-corrected chi connectivity index (χ4v) is 2.51. The molecule has 0 atom stereocenters. The van der Waals surface area contributed by atoms with Crippen molar-refractivity contribution in [2.45, 2.75) is 25.7 Å². The van der Waals surface area contributed by atoms with Crippen LogP contribution in [0.3, 0.4) is 0 Å². The van der Waals surface area contributed by atoms with Crippen LogP contribution in [-0.2, 0) is 4.79 Å². The quantitative estimate of drug-likeness (QED) is 0.854. The summed E-state index contributed by atoms with van der Waals surface area (Å²) in [6.45, 7) is 2.82. The van der Waals surface area contributed by atoms with E-state index in [1.807, 2.05) is 24.3 Å². The summed E-state index contributed by atoms with van der Waals surface area (Å²) in [6, 6.07) is 7.45. The summed E-state index contributed by atoms with van der Waals surface area (Å²) in [5, 5.41) is 2.95. The van der Waals surface area contributed by atoms with Crippen molar-refractivity contribution in [3.05, 3.63) is 24.3 Å². The zero-order valence-electron chi connectivity index (χ0n) is 11.6. The molecule has 1 aromatic carbocycles. The molecule has 2 rings (SSSR count). The predicted octanol–water partition coefficient (Wildman–Crippen LogP) is 1.09. The van der Waals surface area contributed by atoms with E-state index in [4.69, 9.17) is 4.74 Å². The molecule has 1 fully saturated rings. The molecular formula is C15H23N2O2+. The van der Waals surface area contributed by atoms with Gasteiger partial charge in [-0.15, -0.1) is 0 Å². The molecule has 1 saturated heterocycles. The Morgan fingerprint density at radius 1 is 1.16 bits per heavy atom. The van der Waals surface area contributed by atoms with Gasteiger partial charge in [-0.3, -0.25) is 4.79 Å². The van der Waals surface area contributed by atoms with Crippen LogP contribution in [-0.4, -0.2) is 32.7 Å². The van der Waals surface area contributed by atoms with Crippen LogP contribution in [0.5, 0.6) is 5.75 Å². The molecule has 1 aliphatic heterocycles. The number of amides is 1. The van der Waals surface area contributed by atoms with Crippen LogP contribution in [0.1, 0.15) is 25.7 Å². The highest BCUT2D eigenvalue weighted by Gasteiger charge is 2.16. The fraction of sp³-hybridized carbons (Fsp3) is 0.533. The van der Waals surface area contributed by atoms with Gasteiger partial charge in [0, 0.05) is 5.69 Å². The Bertz CT molecular complexity index is 395. The van der Waals surface area contributed by atoms with E-state index in [1.165, 1.54) is 30.6 Å². The van der Waals surface area contributed by atoms with Crippen LogP contribution in [0, 0.1) is 0 Å². The summed E-state index contributed by atoms with van der Waals surface area (Å²) in [7, 11) is 1.64. The van der Waals surface area contributed by atoms with E-state index in [9.17, 15) is 4.79 Å². The van der Waals surface area contributed by atoms with Crippen LogP contribution < -0.4 is 15.0 Å². The van der Waals surface area contributed by atoms with Gasteiger partial charge in [-0.25, -0.2) is 0 Å². The number of benzene rings is 1. The van der Waals surface area contributed by atoms with Gasteiger partial charge >= 0.3 is 0 Å². The zero-order chi connectivity index (χ0) is 13.5. The van der Waals surface area contributed by atoms with Crippen molar-refractivity contribution in [3.63, 3.8) is 0 Å². The standard InChI is InChI=1S/C15H22N2O2/c1-19-14-8-6-13(7-9-14)16-15(18)12-17-10-4-2-3-5-11-17/h6-9H,2-5,10-12H2,1H3,(H,16,18)/p+1. The lowest BCUT2D eigenvalue weighted by atomic mass is 10.2. The van der Waals surface area contributed by atoms with Gasteiger partial charge in [-0.1, -0.05) is 0 Å². The number of anilines is 1. The molecule has 0 unspecified atom stereocenters. The molecule has 2 N–H and O–H groups in total. The number of hydrogen-bond donors (Lipinski definition) is 2. The predicted molar refractivity (Wildman–Crippen MR) is 75.7 cm³/mol. The number of quaternary nitrogens is 1. The first-order valence-electron chi connectivity index (χ1n) is 7.05. The molecule has 1 aromatic rings. The van der Waals surface area contributed by atoms with Gasteiger partial charge in [0.2, 0.25) is 0 Å². The summed E-state index contributed by atoms with van der Waals surface area (Å²) < 4.78 is 5.09. The van der Waals surface area contributed by atoms with Crippen molar-refractivity contribution in [2.75, 3.05) is 32.1 Å². The summed E-state index contributed by atoms with van der Waals surface area (Å²) in [5.41, 5.74) is 0.833. The molecule has 1 amide bonds. The molecule has 0 spiro atoms. The highest BCUT2D eigenvalue weighted by Crippen LogP contribution is 2.14. The molecule has 1 aliphatic rings. The molecule has 0 radical (unpaired) electrons. The van der Waals surface area contributed by atoms with Gasteiger partial charge in [0.25, 0.3) is 5.91 Å². The van der Waals surface area contributed by atoms with Crippen molar-refractivity contribution >= 4 is 11.6 Å². The van der Waals surface area contributed by atoms with Crippen LogP contribution >= 0.6 is 0 Å². The Morgan fingerprint density at radius 2 is 1.79 bits per heavy atom. The minimum absolute atomic E-state index is 0.0991. The Balaban J connectivity index is 1.82. The second-order valence-corrected chi connectivity index (χ2v) is 5.12. The van der Waals surface area contributed by atoms with E-state index in [-0.39, 0.29) is 5.91 Å². The monoisotopic (exact) mass is 263 g/mol. The summed E-state index contributed by atoms with van der Waals surface area (Å²) in [4.78, 5) is 13.4. The molecular weight excluding hydrogens is 240 g/mol.